The lowest BCUT2D eigenvalue weighted by Gasteiger charge is -2.16. The number of rotatable bonds is 7. The lowest BCUT2D eigenvalue weighted by atomic mass is 9.91. The van der Waals surface area contributed by atoms with E-state index in [2.05, 4.69) is 22.7 Å². The van der Waals surface area contributed by atoms with Gasteiger partial charge in [0.1, 0.15) is 0 Å². The molecule has 0 aliphatic carbocycles. The van der Waals surface area contributed by atoms with Crippen molar-refractivity contribution in [2.75, 3.05) is 0 Å². The van der Waals surface area contributed by atoms with E-state index in [1.54, 1.807) is 6.21 Å². The fourth-order valence-corrected chi connectivity index (χ4v) is 2.90. The van der Waals surface area contributed by atoms with Crippen LogP contribution >= 0.6 is 0 Å². The highest BCUT2D eigenvalue weighted by atomic mass is 16.2. The molecule has 3 aromatic carbocycles. The second kappa shape index (κ2) is 9.33. The summed E-state index contributed by atoms with van der Waals surface area (Å²) in [5.41, 5.74) is 5.87. The van der Waals surface area contributed by atoms with E-state index in [9.17, 15) is 4.79 Å². The number of nitrogens with zero attached hydrogens (tertiary/aromatic N) is 1. The molecule has 0 saturated carbocycles. The fraction of sp³-hybridized carbons (Fsp3) is 0.130. The predicted octanol–water partition coefficient (Wildman–Crippen LogP) is 4.55. The molecule has 26 heavy (non-hydrogen) atoms. The molecule has 3 aromatic rings. The first-order valence-electron chi connectivity index (χ1n) is 8.80. The molecule has 1 N–H and O–H groups in total. The number of amides is 1. The van der Waals surface area contributed by atoms with E-state index < -0.39 is 0 Å². The van der Waals surface area contributed by atoms with E-state index >= 15 is 0 Å². The molecule has 0 fully saturated rings. The Morgan fingerprint density at radius 1 is 0.808 bits per heavy atom. The van der Waals surface area contributed by atoms with Crippen molar-refractivity contribution in [3.8, 4) is 0 Å². The van der Waals surface area contributed by atoms with Crippen molar-refractivity contribution in [1.29, 1.82) is 0 Å². The predicted molar refractivity (Wildman–Crippen MR) is 106 cm³/mol. The van der Waals surface area contributed by atoms with Crippen LogP contribution in [-0.2, 0) is 11.2 Å². The molecule has 0 aliphatic heterocycles. The third kappa shape index (κ3) is 4.90. The number of carbonyl (C=O) groups is 1. The lowest BCUT2D eigenvalue weighted by molar-refractivity contribution is -0.121. The van der Waals surface area contributed by atoms with E-state index in [-0.39, 0.29) is 11.8 Å². The van der Waals surface area contributed by atoms with Gasteiger partial charge in [0.05, 0.1) is 5.92 Å². The zero-order valence-corrected chi connectivity index (χ0v) is 14.6. The van der Waals surface area contributed by atoms with Gasteiger partial charge >= 0.3 is 0 Å². The van der Waals surface area contributed by atoms with Crippen molar-refractivity contribution in [2.45, 2.75) is 18.8 Å². The molecule has 1 amide bonds. The molecule has 3 nitrogen and oxygen atoms in total. The smallest absolute Gasteiger partial charge is 0.252 e. The molecule has 0 aromatic heterocycles. The van der Waals surface area contributed by atoms with E-state index in [1.165, 1.54) is 5.56 Å². The molecule has 0 saturated heterocycles. The molecule has 0 spiro atoms. The lowest BCUT2D eigenvalue weighted by Crippen LogP contribution is -2.26. The molecule has 130 valence electrons. The fourth-order valence-electron chi connectivity index (χ4n) is 2.90. The highest BCUT2D eigenvalue weighted by Crippen LogP contribution is 2.24. The van der Waals surface area contributed by atoms with Crippen LogP contribution in [0.3, 0.4) is 0 Å². The number of nitrogens with one attached hydrogen (secondary N) is 1. The SMILES string of the molecule is O=C(N/N=C/CCc1ccccc1)C(c1ccccc1)c1ccccc1. The maximum absolute atomic E-state index is 12.8. The van der Waals surface area contributed by atoms with E-state index in [0.29, 0.717) is 0 Å². The van der Waals surface area contributed by atoms with Gasteiger partial charge < -0.3 is 0 Å². The summed E-state index contributed by atoms with van der Waals surface area (Å²) in [6.45, 7) is 0. The molecular weight excluding hydrogens is 320 g/mol. The number of benzene rings is 3. The van der Waals surface area contributed by atoms with Crippen LogP contribution in [0.15, 0.2) is 96.1 Å². The summed E-state index contributed by atoms with van der Waals surface area (Å²) in [4.78, 5) is 12.8. The Balaban J connectivity index is 1.64. The van der Waals surface area contributed by atoms with E-state index in [4.69, 9.17) is 0 Å². The zero-order chi connectivity index (χ0) is 18.0. The van der Waals surface area contributed by atoms with Gasteiger partial charge in [0.2, 0.25) is 0 Å². The minimum atomic E-state index is -0.372. The molecule has 3 heteroatoms. The van der Waals surface area contributed by atoms with Gasteiger partial charge in [-0.25, -0.2) is 5.43 Å². The Labute approximate surface area is 154 Å². The van der Waals surface area contributed by atoms with Crippen LogP contribution in [0, 0.1) is 0 Å². The van der Waals surface area contributed by atoms with Gasteiger partial charge in [-0.1, -0.05) is 91.0 Å². The Morgan fingerprint density at radius 3 is 1.85 bits per heavy atom. The Hall–Kier alpha value is -3.20. The van der Waals surface area contributed by atoms with Crippen molar-refractivity contribution < 1.29 is 4.79 Å². The highest BCUT2D eigenvalue weighted by molar-refractivity contribution is 5.87. The topological polar surface area (TPSA) is 41.5 Å². The zero-order valence-electron chi connectivity index (χ0n) is 14.6. The summed E-state index contributed by atoms with van der Waals surface area (Å²) in [6, 6.07) is 29.8. The van der Waals surface area contributed by atoms with Gasteiger partial charge in [-0.05, 0) is 29.5 Å². The average molecular weight is 342 g/mol. The summed E-state index contributed by atoms with van der Waals surface area (Å²) in [5.74, 6) is -0.498. The average Bonchev–Trinajstić information content (AvgIpc) is 2.70. The van der Waals surface area contributed by atoms with Crippen molar-refractivity contribution in [3.05, 3.63) is 108 Å². The van der Waals surface area contributed by atoms with Crippen molar-refractivity contribution in [2.24, 2.45) is 5.10 Å². The summed E-state index contributed by atoms with van der Waals surface area (Å²) < 4.78 is 0. The largest absolute Gasteiger partial charge is 0.272 e. The minimum Gasteiger partial charge on any atom is -0.272 e. The summed E-state index contributed by atoms with van der Waals surface area (Å²) in [7, 11) is 0. The number of aryl methyl sites for hydroxylation is 1. The molecule has 0 unspecified atom stereocenters. The van der Waals surface area contributed by atoms with Crippen LogP contribution in [-0.4, -0.2) is 12.1 Å². The van der Waals surface area contributed by atoms with E-state index in [1.807, 2.05) is 78.9 Å². The van der Waals surface area contributed by atoms with Crippen molar-refractivity contribution >= 4 is 12.1 Å². The maximum atomic E-state index is 12.8. The van der Waals surface area contributed by atoms with Crippen LogP contribution in [0.1, 0.15) is 29.0 Å². The van der Waals surface area contributed by atoms with Crippen LogP contribution < -0.4 is 5.43 Å². The number of hydrogen-bond donors (Lipinski definition) is 1. The minimum absolute atomic E-state index is 0.127. The van der Waals surface area contributed by atoms with Crippen LogP contribution in [0.25, 0.3) is 0 Å². The second-order valence-corrected chi connectivity index (χ2v) is 6.07. The second-order valence-electron chi connectivity index (χ2n) is 6.07. The maximum Gasteiger partial charge on any atom is 0.252 e. The molecular formula is C23H22N2O. The normalized spacial score (nSPS) is 11.0. The molecule has 3 rings (SSSR count). The molecule has 0 bridgehead atoms. The van der Waals surface area contributed by atoms with Crippen LogP contribution in [0.5, 0.6) is 0 Å². The highest BCUT2D eigenvalue weighted by Gasteiger charge is 2.21. The molecule has 0 heterocycles. The van der Waals surface area contributed by atoms with E-state index in [0.717, 1.165) is 24.0 Å². The monoisotopic (exact) mass is 342 g/mol. The molecule has 0 aliphatic rings. The molecule has 0 atom stereocenters. The first-order chi connectivity index (χ1) is 12.8. The summed E-state index contributed by atoms with van der Waals surface area (Å²) >= 11 is 0. The third-order valence-corrected chi connectivity index (χ3v) is 4.20. The summed E-state index contributed by atoms with van der Waals surface area (Å²) in [6.07, 6.45) is 3.45. The van der Waals surface area contributed by atoms with Gasteiger partial charge in [-0.3, -0.25) is 4.79 Å². The third-order valence-electron chi connectivity index (χ3n) is 4.20. The van der Waals surface area contributed by atoms with Gasteiger partial charge in [-0.15, -0.1) is 0 Å². The number of hydrazone groups is 1. The number of carbonyl (C=O) groups excluding carboxylic acids is 1. The Morgan fingerprint density at radius 2 is 1.31 bits per heavy atom. The first-order valence-corrected chi connectivity index (χ1v) is 8.80. The van der Waals surface area contributed by atoms with Crippen molar-refractivity contribution in [3.63, 3.8) is 0 Å². The van der Waals surface area contributed by atoms with Gasteiger partial charge in [0, 0.05) is 6.21 Å². The van der Waals surface area contributed by atoms with Gasteiger partial charge in [-0.2, -0.15) is 5.10 Å². The van der Waals surface area contributed by atoms with Crippen molar-refractivity contribution in [1.82, 2.24) is 5.43 Å². The molecule has 0 radical (unpaired) electrons. The quantitative estimate of drug-likeness (QED) is 0.496. The summed E-state index contributed by atoms with van der Waals surface area (Å²) in [5, 5.41) is 4.13. The van der Waals surface area contributed by atoms with Crippen LogP contribution in [0.4, 0.5) is 0 Å². The first kappa shape index (κ1) is 17.6. The number of hydrogen-bond acceptors (Lipinski definition) is 2. The standard InChI is InChI=1S/C23H22N2O/c26-23(25-24-18-10-13-19-11-4-1-5-12-19)22(20-14-6-2-7-15-20)21-16-8-3-9-17-21/h1-9,11-12,14-18,22H,10,13H2,(H,25,26)/b24-18+. The Bertz CT molecular complexity index is 790. The van der Waals surface area contributed by atoms with Gasteiger partial charge in [0.25, 0.3) is 5.91 Å². The Kier molecular flexibility index (Phi) is 6.32. The van der Waals surface area contributed by atoms with Crippen LogP contribution in [0.2, 0.25) is 0 Å². The van der Waals surface area contributed by atoms with Gasteiger partial charge in [0.15, 0.2) is 0 Å².